The van der Waals surface area contributed by atoms with Crippen LogP contribution in [0.3, 0.4) is 0 Å². The van der Waals surface area contributed by atoms with Crippen LogP contribution in [0.15, 0.2) is 49.1 Å². The highest BCUT2D eigenvalue weighted by Crippen LogP contribution is 2.39. The lowest BCUT2D eigenvalue weighted by Gasteiger charge is -2.42. The SMILES string of the molecule is CCS(=O)(=O)NC1CCN(C(c2cc3ncncc3s2)N2CCOC(c3cccc4[nH]ccc34)C2)C1. The molecule has 0 bridgehead atoms. The van der Waals surface area contributed by atoms with Gasteiger partial charge in [0.15, 0.2) is 0 Å². The van der Waals surface area contributed by atoms with E-state index < -0.39 is 10.0 Å². The molecule has 0 radical (unpaired) electrons. The minimum atomic E-state index is -3.25. The summed E-state index contributed by atoms with van der Waals surface area (Å²) in [6, 6.07) is 10.5. The molecule has 11 heteroatoms. The van der Waals surface area contributed by atoms with Crippen molar-refractivity contribution in [3.8, 4) is 0 Å². The Kier molecular flexibility index (Phi) is 6.53. The molecule has 6 rings (SSSR count). The van der Waals surface area contributed by atoms with Crippen molar-refractivity contribution >= 4 is 42.5 Å². The maximum absolute atomic E-state index is 12.2. The fourth-order valence-corrected chi connectivity index (χ4v) is 7.46. The smallest absolute Gasteiger partial charge is 0.211 e. The molecule has 36 heavy (non-hydrogen) atoms. The van der Waals surface area contributed by atoms with Gasteiger partial charge >= 0.3 is 0 Å². The molecule has 9 nitrogen and oxygen atoms in total. The quantitative estimate of drug-likeness (QED) is 0.381. The van der Waals surface area contributed by atoms with Crippen molar-refractivity contribution in [3.05, 3.63) is 59.5 Å². The molecule has 0 aliphatic carbocycles. The number of likely N-dealkylation sites (tertiary alicyclic amines) is 1. The summed E-state index contributed by atoms with van der Waals surface area (Å²) in [6.07, 6.45) is 6.17. The van der Waals surface area contributed by atoms with Crippen LogP contribution in [0.2, 0.25) is 0 Å². The number of fused-ring (bicyclic) bond motifs is 2. The molecule has 0 amide bonds. The van der Waals surface area contributed by atoms with Gasteiger partial charge in [-0.3, -0.25) is 9.80 Å². The number of hydrogen-bond donors (Lipinski definition) is 2. The standard InChI is InChI=1S/C25H30N6O3S2/c1-2-36(32,33)29-17-7-9-30(14-17)25(23-12-21-24(35-23)13-26-16-28-21)31-10-11-34-22(15-31)19-4-3-5-20-18(19)6-8-27-20/h3-6,8,12-13,16-17,22,25,27,29H,2,7,9-11,14-15H2,1H3. The second-order valence-electron chi connectivity index (χ2n) is 9.44. The number of benzene rings is 1. The highest BCUT2D eigenvalue weighted by molar-refractivity contribution is 7.89. The summed E-state index contributed by atoms with van der Waals surface area (Å²) in [5.41, 5.74) is 3.24. The zero-order valence-electron chi connectivity index (χ0n) is 20.1. The number of nitrogens with zero attached hydrogens (tertiary/aromatic N) is 4. The molecule has 3 atom stereocenters. The van der Waals surface area contributed by atoms with E-state index in [1.165, 1.54) is 15.8 Å². The van der Waals surface area contributed by atoms with Crippen molar-refractivity contribution in [2.45, 2.75) is 31.7 Å². The van der Waals surface area contributed by atoms with Gasteiger partial charge in [0.1, 0.15) is 6.33 Å². The van der Waals surface area contributed by atoms with Crippen LogP contribution in [0.1, 0.15) is 36.1 Å². The summed E-state index contributed by atoms with van der Waals surface area (Å²) in [7, 11) is -3.25. The molecular weight excluding hydrogens is 496 g/mol. The van der Waals surface area contributed by atoms with Gasteiger partial charge in [-0.1, -0.05) is 12.1 Å². The Hall–Kier alpha value is -2.41. The number of thiophene rings is 1. The number of H-pyrrole nitrogens is 1. The number of morpholine rings is 1. The largest absolute Gasteiger partial charge is 0.371 e. The van der Waals surface area contributed by atoms with Crippen LogP contribution < -0.4 is 4.72 Å². The molecule has 3 unspecified atom stereocenters. The van der Waals surface area contributed by atoms with Gasteiger partial charge in [0.25, 0.3) is 0 Å². The number of aromatic nitrogens is 3. The van der Waals surface area contributed by atoms with Crippen molar-refractivity contribution in [1.82, 2.24) is 29.5 Å². The van der Waals surface area contributed by atoms with Gasteiger partial charge in [0.2, 0.25) is 10.0 Å². The minimum Gasteiger partial charge on any atom is -0.371 e. The van der Waals surface area contributed by atoms with E-state index in [0.717, 1.165) is 41.8 Å². The third kappa shape index (κ3) is 4.67. The lowest BCUT2D eigenvalue weighted by Crippen LogP contribution is -2.47. The van der Waals surface area contributed by atoms with Gasteiger partial charge in [-0.2, -0.15) is 0 Å². The van der Waals surface area contributed by atoms with E-state index in [9.17, 15) is 8.42 Å². The molecule has 2 saturated heterocycles. The molecule has 190 valence electrons. The predicted octanol–water partition coefficient (Wildman–Crippen LogP) is 3.26. The van der Waals surface area contributed by atoms with Crippen LogP contribution in [-0.2, 0) is 14.8 Å². The molecule has 2 aliphatic rings. The molecular formula is C25H30N6O3S2. The molecule has 2 aliphatic heterocycles. The molecule has 0 saturated carbocycles. The summed E-state index contributed by atoms with van der Waals surface area (Å²) >= 11 is 1.71. The summed E-state index contributed by atoms with van der Waals surface area (Å²) in [5.74, 6) is 0.0950. The molecule has 1 aromatic carbocycles. The molecule has 4 aromatic rings. The van der Waals surface area contributed by atoms with E-state index in [1.807, 2.05) is 12.4 Å². The van der Waals surface area contributed by atoms with Gasteiger partial charge in [-0.25, -0.2) is 23.1 Å². The first-order chi connectivity index (χ1) is 17.5. The second kappa shape index (κ2) is 9.81. The van der Waals surface area contributed by atoms with E-state index in [0.29, 0.717) is 13.2 Å². The Labute approximate surface area is 214 Å². The summed E-state index contributed by atoms with van der Waals surface area (Å²) in [5, 5.41) is 1.19. The van der Waals surface area contributed by atoms with Crippen LogP contribution >= 0.6 is 11.3 Å². The predicted molar refractivity (Wildman–Crippen MR) is 141 cm³/mol. The average Bonchev–Trinajstić information content (AvgIpc) is 3.64. The first-order valence-corrected chi connectivity index (χ1v) is 14.8. The number of rotatable bonds is 7. The fourth-order valence-electron chi connectivity index (χ4n) is 5.44. The van der Waals surface area contributed by atoms with Gasteiger partial charge in [0.05, 0.1) is 34.8 Å². The normalized spacial score (nSPS) is 23.0. The van der Waals surface area contributed by atoms with Gasteiger partial charge < -0.3 is 9.72 Å². The number of sulfonamides is 1. The lowest BCUT2D eigenvalue weighted by atomic mass is 10.0. The van der Waals surface area contributed by atoms with Crippen LogP contribution in [-0.4, -0.2) is 77.8 Å². The Morgan fingerprint density at radius 3 is 3.00 bits per heavy atom. The third-order valence-corrected chi connectivity index (χ3v) is 9.73. The van der Waals surface area contributed by atoms with Crippen molar-refractivity contribution in [2.75, 3.05) is 38.5 Å². The highest BCUT2D eigenvalue weighted by Gasteiger charge is 2.37. The number of ether oxygens (including phenoxy) is 1. The first-order valence-electron chi connectivity index (χ1n) is 12.4. The van der Waals surface area contributed by atoms with Gasteiger partial charge in [-0.15, -0.1) is 11.3 Å². The van der Waals surface area contributed by atoms with Gasteiger partial charge in [0, 0.05) is 60.4 Å². The number of aromatic amines is 1. The summed E-state index contributed by atoms with van der Waals surface area (Å²) in [4.78, 5) is 18.1. The number of hydrogen-bond acceptors (Lipinski definition) is 8. The topological polar surface area (TPSA) is 103 Å². The molecule has 2 N–H and O–H groups in total. The maximum Gasteiger partial charge on any atom is 0.211 e. The van der Waals surface area contributed by atoms with E-state index in [-0.39, 0.29) is 24.1 Å². The monoisotopic (exact) mass is 526 g/mol. The summed E-state index contributed by atoms with van der Waals surface area (Å²) in [6.45, 7) is 5.33. The third-order valence-electron chi connectivity index (χ3n) is 7.18. The average molecular weight is 527 g/mol. The Bertz CT molecular complexity index is 1440. The zero-order chi connectivity index (χ0) is 24.7. The van der Waals surface area contributed by atoms with Crippen molar-refractivity contribution in [3.63, 3.8) is 0 Å². The van der Waals surface area contributed by atoms with E-state index in [2.05, 4.69) is 59.8 Å². The Morgan fingerprint density at radius 1 is 1.25 bits per heavy atom. The zero-order valence-corrected chi connectivity index (χ0v) is 21.8. The first kappa shape index (κ1) is 24.0. The van der Waals surface area contributed by atoms with Crippen LogP contribution in [0.4, 0.5) is 0 Å². The highest BCUT2D eigenvalue weighted by atomic mass is 32.2. The molecule has 2 fully saturated rings. The number of nitrogens with one attached hydrogen (secondary N) is 2. The summed E-state index contributed by atoms with van der Waals surface area (Å²) < 4.78 is 34.7. The minimum absolute atomic E-state index is 0.0113. The van der Waals surface area contributed by atoms with Crippen LogP contribution in [0, 0.1) is 0 Å². The van der Waals surface area contributed by atoms with E-state index in [1.54, 1.807) is 24.6 Å². The Morgan fingerprint density at radius 2 is 2.14 bits per heavy atom. The molecule has 3 aromatic heterocycles. The molecule has 0 spiro atoms. The maximum atomic E-state index is 12.2. The van der Waals surface area contributed by atoms with Gasteiger partial charge in [-0.05, 0) is 37.1 Å². The van der Waals surface area contributed by atoms with Crippen LogP contribution in [0.25, 0.3) is 21.1 Å². The van der Waals surface area contributed by atoms with E-state index >= 15 is 0 Å². The Balaban J connectivity index is 1.31. The van der Waals surface area contributed by atoms with Crippen LogP contribution in [0.5, 0.6) is 0 Å². The molecule has 5 heterocycles. The fraction of sp³-hybridized carbons (Fsp3) is 0.440. The second-order valence-corrected chi connectivity index (χ2v) is 12.6. The van der Waals surface area contributed by atoms with E-state index in [4.69, 9.17) is 4.74 Å². The van der Waals surface area contributed by atoms with Crippen molar-refractivity contribution < 1.29 is 13.2 Å². The van der Waals surface area contributed by atoms with Crippen molar-refractivity contribution in [1.29, 1.82) is 0 Å². The lowest BCUT2D eigenvalue weighted by molar-refractivity contribution is -0.0728. The van der Waals surface area contributed by atoms with Crippen molar-refractivity contribution in [2.24, 2.45) is 0 Å².